The van der Waals surface area contributed by atoms with Crippen molar-refractivity contribution in [2.75, 3.05) is 24.6 Å². The van der Waals surface area contributed by atoms with E-state index >= 15 is 0 Å². The number of halogens is 1. The molecule has 1 aliphatic heterocycles. The van der Waals surface area contributed by atoms with Crippen molar-refractivity contribution in [1.29, 1.82) is 5.26 Å². The van der Waals surface area contributed by atoms with Crippen LogP contribution in [0.5, 0.6) is 0 Å². The highest BCUT2D eigenvalue weighted by Crippen LogP contribution is 2.28. The number of benzene rings is 1. The normalized spacial score (nSPS) is 19.3. The third kappa shape index (κ3) is 2.70. The van der Waals surface area contributed by atoms with Gasteiger partial charge in [-0.3, -0.25) is 10.1 Å². The fourth-order valence-electron chi connectivity index (χ4n) is 1.81. The van der Waals surface area contributed by atoms with Crippen LogP contribution < -0.4 is 4.90 Å². The molecule has 7 heteroatoms. The number of morpholine rings is 1. The van der Waals surface area contributed by atoms with Gasteiger partial charge in [-0.05, 0) is 28.7 Å². The smallest absolute Gasteiger partial charge is 0.270 e. The summed E-state index contributed by atoms with van der Waals surface area (Å²) in [6.07, 6.45) is -0.440. The topological polar surface area (TPSA) is 79.4 Å². The third-order valence-corrected chi connectivity index (χ3v) is 3.56. The quantitative estimate of drug-likeness (QED) is 0.458. The number of hydrogen-bond acceptors (Lipinski definition) is 5. The van der Waals surface area contributed by atoms with E-state index in [0.717, 1.165) is 9.26 Å². The van der Waals surface area contributed by atoms with Crippen molar-refractivity contribution in [1.82, 2.24) is 0 Å². The average molecular weight is 359 g/mol. The zero-order valence-electron chi connectivity index (χ0n) is 9.38. The van der Waals surface area contributed by atoms with Gasteiger partial charge in [0.15, 0.2) is 6.10 Å². The van der Waals surface area contributed by atoms with E-state index in [1.165, 1.54) is 12.1 Å². The second-order valence-corrected chi connectivity index (χ2v) is 4.99. The summed E-state index contributed by atoms with van der Waals surface area (Å²) in [6, 6.07) is 6.81. The van der Waals surface area contributed by atoms with Gasteiger partial charge in [-0.2, -0.15) is 5.26 Å². The predicted molar refractivity (Wildman–Crippen MR) is 73.4 cm³/mol. The summed E-state index contributed by atoms with van der Waals surface area (Å²) in [4.78, 5) is 12.3. The lowest BCUT2D eigenvalue weighted by molar-refractivity contribution is -0.384. The van der Waals surface area contributed by atoms with E-state index in [2.05, 4.69) is 28.7 Å². The molecule has 1 heterocycles. The maximum absolute atomic E-state index is 10.7. The van der Waals surface area contributed by atoms with Crippen molar-refractivity contribution < 1.29 is 9.66 Å². The van der Waals surface area contributed by atoms with Crippen molar-refractivity contribution in [3.63, 3.8) is 0 Å². The molecule has 0 N–H and O–H groups in total. The zero-order chi connectivity index (χ0) is 13.1. The molecule has 1 aliphatic rings. The molecule has 0 amide bonds. The molecule has 94 valence electrons. The van der Waals surface area contributed by atoms with E-state index in [4.69, 9.17) is 10.00 Å². The van der Waals surface area contributed by atoms with Gasteiger partial charge in [0.25, 0.3) is 5.69 Å². The number of rotatable bonds is 2. The van der Waals surface area contributed by atoms with Crippen LogP contribution in [0.4, 0.5) is 11.4 Å². The van der Waals surface area contributed by atoms with Gasteiger partial charge in [0.05, 0.1) is 29.8 Å². The summed E-state index contributed by atoms with van der Waals surface area (Å²) >= 11 is 2.07. The first-order chi connectivity index (χ1) is 8.61. The summed E-state index contributed by atoms with van der Waals surface area (Å²) < 4.78 is 6.07. The predicted octanol–water partition coefficient (Wildman–Crippen LogP) is 1.93. The van der Waals surface area contributed by atoms with Gasteiger partial charge in [-0.15, -0.1) is 0 Å². The Labute approximate surface area is 117 Å². The minimum Gasteiger partial charge on any atom is -0.365 e. The molecule has 0 saturated carbocycles. The second-order valence-electron chi connectivity index (χ2n) is 3.83. The van der Waals surface area contributed by atoms with E-state index < -0.39 is 11.0 Å². The van der Waals surface area contributed by atoms with Crippen LogP contribution in [0.25, 0.3) is 0 Å². The first kappa shape index (κ1) is 13.0. The third-order valence-electron chi connectivity index (χ3n) is 2.69. The van der Waals surface area contributed by atoms with Crippen molar-refractivity contribution in [3.8, 4) is 6.07 Å². The van der Waals surface area contributed by atoms with Crippen LogP contribution in [0.2, 0.25) is 0 Å². The minimum absolute atomic E-state index is 0.0771. The molecule has 0 spiro atoms. The van der Waals surface area contributed by atoms with Crippen LogP contribution >= 0.6 is 22.6 Å². The monoisotopic (exact) mass is 359 g/mol. The number of anilines is 1. The average Bonchev–Trinajstić information content (AvgIpc) is 2.38. The molecule has 18 heavy (non-hydrogen) atoms. The highest BCUT2D eigenvalue weighted by atomic mass is 127. The summed E-state index contributed by atoms with van der Waals surface area (Å²) in [7, 11) is 0. The van der Waals surface area contributed by atoms with E-state index in [0.29, 0.717) is 19.7 Å². The van der Waals surface area contributed by atoms with E-state index in [-0.39, 0.29) is 5.69 Å². The lowest BCUT2D eigenvalue weighted by atomic mass is 10.2. The number of nitriles is 1. The minimum atomic E-state index is -0.440. The molecule has 1 atom stereocenters. The van der Waals surface area contributed by atoms with Gasteiger partial charge in [-0.25, -0.2) is 0 Å². The molecule has 6 nitrogen and oxygen atoms in total. The highest BCUT2D eigenvalue weighted by Gasteiger charge is 2.22. The maximum atomic E-state index is 10.7. The van der Waals surface area contributed by atoms with Crippen LogP contribution in [0.3, 0.4) is 0 Å². The number of nitrogens with zero attached hydrogens (tertiary/aromatic N) is 3. The Morgan fingerprint density at radius 1 is 1.61 bits per heavy atom. The van der Waals surface area contributed by atoms with Gasteiger partial charge in [0.2, 0.25) is 0 Å². The van der Waals surface area contributed by atoms with Crippen LogP contribution in [-0.2, 0) is 4.74 Å². The number of nitro benzene ring substituents is 1. The van der Waals surface area contributed by atoms with Crippen LogP contribution in [-0.4, -0.2) is 30.7 Å². The first-order valence-corrected chi connectivity index (χ1v) is 6.40. The number of non-ortho nitro benzene ring substituents is 1. The molecule has 1 aromatic carbocycles. The zero-order valence-corrected chi connectivity index (χ0v) is 11.5. The molecule has 1 saturated heterocycles. The molecular weight excluding hydrogens is 349 g/mol. The molecule has 2 rings (SSSR count). The molecule has 1 aromatic rings. The fourth-order valence-corrected chi connectivity index (χ4v) is 2.65. The molecule has 0 bridgehead atoms. The van der Waals surface area contributed by atoms with Gasteiger partial charge in [-0.1, -0.05) is 0 Å². The number of nitro groups is 1. The largest absolute Gasteiger partial charge is 0.365 e. The van der Waals surface area contributed by atoms with Crippen LogP contribution in [0.1, 0.15) is 0 Å². The second kappa shape index (κ2) is 5.49. The van der Waals surface area contributed by atoms with Crippen molar-refractivity contribution >= 4 is 34.0 Å². The van der Waals surface area contributed by atoms with Crippen molar-refractivity contribution in [2.24, 2.45) is 0 Å². The highest BCUT2D eigenvalue weighted by molar-refractivity contribution is 14.1. The van der Waals surface area contributed by atoms with Gasteiger partial charge in [0.1, 0.15) is 0 Å². The van der Waals surface area contributed by atoms with Gasteiger partial charge >= 0.3 is 0 Å². The molecule has 0 radical (unpaired) electrons. The Bertz CT molecular complexity index is 515. The summed E-state index contributed by atoms with van der Waals surface area (Å²) in [5, 5.41) is 19.5. The molecule has 1 fully saturated rings. The van der Waals surface area contributed by atoms with E-state index in [1.807, 2.05) is 4.90 Å². The SMILES string of the molecule is N#CC1CN(c2ccc([N+](=O)[O-])cc2I)CCO1. The lowest BCUT2D eigenvalue weighted by Gasteiger charge is -2.32. The molecule has 1 unspecified atom stereocenters. The maximum Gasteiger partial charge on any atom is 0.270 e. The Kier molecular flexibility index (Phi) is 3.98. The number of ether oxygens (including phenoxy) is 1. The lowest BCUT2D eigenvalue weighted by Crippen LogP contribution is -2.42. The van der Waals surface area contributed by atoms with Gasteiger partial charge < -0.3 is 9.64 Å². The van der Waals surface area contributed by atoms with E-state index in [9.17, 15) is 10.1 Å². The summed E-state index contributed by atoms with van der Waals surface area (Å²) in [5.41, 5.74) is 0.984. The first-order valence-electron chi connectivity index (χ1n) is 5.32. The number of hydrogen-bond donors (Lipinski definition) is 0. The van der Waals surface area contributed by atoms with Crippen LogP contribution in [0, 0.1) is 25.0 Å². The van der Waals surface area contributed by atoms with Gasteiger partial charge in [0, 0.05) is 22.2 Å². The Morgan fingerprint density at radius 2 is 2.39 bits per heavy atom. The summed E-state index contributed by atoms with van der Waals surface area (Å²) in [6.45, 7) is 1.67. The molecular formula is C11H10IN3O3. The standard InChI is InChI=1S/C11H10IN3O3/c12-10-5-8(15(16)17)1-2-11(10)14-3-4-18-9(6-13)7-14/h1-2,5,9H,3-4,7H2. The molecule has 0 aliphatic carbocycles. The Hall–Kier alpha value is -1.40. The van der Waals surface area contributed by atoms with Crippen LogP contribution in [0.15, 0.2) is 18.2 Å². The fraction of sp³-hybridized carbons (Fsp3) is 0.364. The van der Waals surface area contributed by atoms with Crippen molar-refractivity contribution in [3.05, 3.63) is 31.9 Å². The Morgan fingerprint density at radius 3 is 3.00 bits per heavy atom. The summed E-state index contributed by atoms with van der Waals surface area (Å²) in [5.74, 6) is 0. The Balaban J connectivity index is 2.23. The van der Waals surface area contributed by atoms with Crippen molar-refractivity contribution in [2.45, 2.75) is 6.10 Å². The molecule has 0 aromatic heterocycles. The van der Waals surface area contributed by atoms with E-state index in [1.54, 1.807) is 6.07 Å².